The minimum Gasteiger partial charge on any atom is -0.386 e. The first-order valence-electron chi connectivity index (χ1n) is 9.89. The number of hydrogen-bond acceptors (Lipinski definition) is 6. The standard InChI is InChI=1S/C21H25N5O2S/c27-19(15-25-10-12-28-13-11-25)16-29-21-24-23-20(18-6-8-22-9-7-18)26(21)14-17-4-2-1-3-5-17/h1-9,19,27H,10-16H2/p+1/t19-/m0/s1. The second-order valence-corrected chi connectivity index (χ2v) is 8.13. The van der Waals surface area contributed by atoms with Crippen LogP contribution in [0.15, 0.2) is 60.0 Å². The zero-order chi connectivity index (χ0) is 19.9. The highest BCUT2D eigenvalue weighted by Crippen LogP contribution is 2.25. The van der Waals surface area contributed by atoms with Gasteiger partial charge in [0.1, 0.15) is 25.7 Å². The Morgan fingerprint density at radius 2 is 1.83 bits per heavy atom. The number of thioether (sulfide) groups is 1. The third-order valence-electron chi connectivity index (χ3n) is 4.97. The number of quaternary nitrogens is 1. The minimum absolute atomic E-state index is 0.389. The van der Waals surface area contributed by atoms with Crippen LogP contribution in [0.4, 0.5) is 0 Å². The highest BCUT2D eigenvalue weighted by atomic mass is 32.2. The molecule has 3 heterocycles. The van der Waals surface area contributed by atoms with E-state index in [0.29, 0.717) is 12.3 Å². The number of pyridine rings is 1. The second-order valence-electron chi connectivity index (χ2n) is 7.15. The van der Waals surface area contributed by atoms with Crippen molar-refractivity contribution in [2.75, 3.05) is 38.6 Å². The van der Waals surface area contributed by atoms with Gasteiger partial charge in [0.25, 0.3) is 0 Å². The SMILES string of the molecule is O[C@H](CSc1nnc(-c2ccncc2)n1Cc1ccccc1)C[NH+]1CCOCC1. The third kappa shape index (κ3) is 5.42. The maximum absolute atomic E-state index is 10.5. The van der Waals surface area contributed by atoms with Gasteiger partial charge in [-0.3, -0.25) is 9.55 Å². The van der Waals surface area contributed by atoms with Crippen molar-refractivity contribution in [1.82, 2.24) is 19.7 Å². The topological polar surface area (TPSA) is 77.5 Å². The summed E-state index contributed by atoms with van der Waals surface area (Å²) < 4.78 is 7.51. The van der Waals surface area contributed by atoms with Gasteiger partial charge in [-0.25, -0.2) is 0 Å². The van der Waals surface area contributed by atoms with Gasteiger partial charge >= 0.3 is 0 Å². The van der Waals surface area contributed by atoms with Crippen LogP contribution in [0.2, 0.25) is 0 Å². The van der Waals surface area contributed by atoms with E-state index in [9.17, 15) is 5.11 Å². The Labute approximate surface area is 174 Å². The van der Waals surface area contributed by atoms with E-state index in [-0.39, 0.29) is 6.10 Å². The first-order valence-corrected chi connectivity index (χ1v) is 10.9. The van der Waals surface area contributed by atoms with Crippen LogP contribution >= 0.6 is 11.8 Å². The van der Waals surface area contributed by atoms with Gasteiger partial charge < -0.3 is 14.7 Å². The van der Waals surface area contributed by atoms with E-state index in [4.69, 9.17) is 4.74 Å². The van der Waals surface area contributed by atoms with Crippen LogP contribution in [0.3, 0.4) is 0 Å². The van der Waals surface area contributed by atoms with E-state index in [1.807, 2.05) is 30.3 Å². The molecule has 2 aromatic heterocycles. The zero-order valence-corrected chi connectivity index (χ0v) is 17.1. The van der Waals surface area contributed by atoms with Gasteiger partial charge in [-0.05, 0) is 17.7 Å². The maximum Gasteiger partial charge on any atom is 0.191 e. The normalized spacial score (nSPS) is 16.0. The first kappa shape index (κ1) is 20.0. The van der Waals surface area contributed by atoms with Gasteiger partial charge in [0.15, 0.2) is 11.0 Å². The molecule has 0 unspecified atom stereocenters. The summed E-state index contributed by atoms with van der Waals surface area (Å²) in [6.45, 7) is 4.88. The van der Waals surface area contributed by atoms with E-state index < -0.39 is 0 Å². The summed E-state index contributed by atoms with van der Waals surface area (Å²) in [5, 5.41) is 20.2. The summed E-state index contributed by atoms with van der Waals surface area (Å²) in [4.78, 5) is 5.50. The molecule has 4 rings (SSSR count). The molecule has 7 nitrogen and oxygen atoms in total. The average molecular weight is 413 g/mol. The van der Waals surface area contributed by atoms with Crippen LogP contribution < -0.4 is 4.90 Å². The van der Waals surface area contributed by atoms with Crippen molar-refractivity contribution < 1.29 is 14.7 Å². The smallest absolute Gasteiger partial charge is 0.191 e. The molecule has 1 aliphatic heterocycles. The number of benzene rings is 1. The van der Waals surface area contributed by atoms with Crippen LogP contribution in [0, 0.1) is 0 Å². The lowest BCUT2D eigenvalue weighted by Crippen LogP contribution is -3.15. The van der Waals surface area contributed by atoms with Gasteiger partial charge in [-0.1, -0.05) is 42.1 Å². The second kappa shape index (κ2) is 9.98. The number of ether oxygens (including phenoxy) is 1. The number of aromatic nitrogens is 4. The van der Waals surface area contributed by atoms with Gasteiger partial charge in [-0.2, -0.15) is 0 Å². The molecular formula is C21H26N5O2S+. The van der Waals surface area contributed by atoms with Crippen molar-refractivity contribution in [3.63, 3.8) is 0 Å². The van der Waals surface area contributed by atoms with Crippen molar-refractivity contribution in [1.29, 1.82) is 0 Å². The predicted molar refractivity (Wildman–Crippen MR) is 112 cm³/mol. The van der Waals surface area contributed by atoms with Gasteiger partial charge in [-0.15, -0.1) is 10.2 Å². The molecule has 1 saturated heterocycles. The highest BCUT2D eigenvalue weighted by molar-refractivity contribution is 7.99. The molecule has 1 fully saturated rings. The monoisotopic (exact) mass is 412 g/mol. The number of aliphatic hydroxyl groups excluding tert-OH is 1. The molecule has 0 amide bonds. The lowest BCUT2D eigenvalue weighted by molar-refractivity contribution is -0.910. The molecule has 29 heavy (non-hydrogen) atoms. The number of rotatable bonds is 8. The molecular weight excluding hydrogens is 386 g/mol. The van der Waals surface area contributed by atoms with Crippen molar-refractivity contribution in [2.24, 2.45) is 0 Å². The Hall–Kier alpha value is -2.26. The van der Waals surface area contributed by atoms with Gasteiger partial charge in [0.2, 0.25) is 0 Å². The average Bonchev–Trinajstić information content (AvgIpc) is 3.17. The Bertz CT molecular complexity index is 885. The molecule has 8 heteroatoms. The zero-order valence-electron chi connectivity index (χ0n) is 16.3. The van der Waals surface area contributed by atoms with E-state index in [1.165, 1.54) is 10.5 Å². The number of morpholine rings is 1. The Morgan fingerprint density at radius 1 is 1.07 bits per heavy atom. The van der Waals surface area contributed by atoms with Crippen LogP contribution in [0.1, 0.15) is 5.56 Å². The Balaban J connectivity index is 1.49. The summed E-state index contributed by atoms with van der Waals surface area (Å²) in [5.41, 5.74) is 2.16. The molecule has 0 saturated carbocycles. The Morgan fingerprint density at radius 3 is 2.59 bits per heavy atom. The van der Waals surface area contributed by atoms with E-state index in [1.54, 1.807) is 24.2 Å². The van der Waals surface area contributed by atoms with Crippen molar-refractivity contribution in [3.8, 4) is 11.4 Å². The maximum atomic E-state index is 10.5. The molecule has 152 valence electrons. The summed E-state index contributed by atoms with van der Waals surface area (Å²) in [6.07, 6.45) is 3.14. The number of nitrogens with one attached hydrogen (secondary N) is 1. The fourth-order valence-corrected chi connectivity index (χ4v) is 4.31. The van der Waals surface area contributed by atoms with Crippen LogP contribution in [0.5, 0.6) is 0 Å². The number of nitrogens with zero attached hydrogens (tertiary/aromatic N) is 4. The third-order valence-corrected chi connectivity index (χ3v) is 6.08. The van der Waals surface area contributed by atoms with Crippen LogP contribution in [0.25, 0.3) is 11.4 Å². The quantitative estimate of drug-likeness (QED) is 0.532. The van der Waals surface area contributed by atoms with E-state index in [0.717, 1.165) is 49.4 Å². The summed E-state index contributed by atoms with van der Waals surface area (Å²) in [5.74, 6) is 1.40. The van der Waals surface area contributed by atoms with E-state index >= 15 is 0 Å². The lowest BCUT2D eigenvalue weighted by atomic mass is 10.2. The van der Waals surface area contributed by atoms with Crippen LogP contribution in [-0.2, 0) is 11.3 Å². The molecule has 0 spiro atoms. The summed E-state index contributed by atoms with van der Waals surface area (Å²) in [7, 11) is 0. The summed E-state index contributed by atoms with van der Waals surface area (Å²) >= 11 is 1.56. The van der Waals surface area contributed by atoms with Gasteiger partial charge in [0, 0.05) is 23.7 Å². The molecule has 2 N–H and O–H groups in total. The lowest BCUT2D eigenvalue weighted by Gasteiger charge is -2.25. The highest BCUT2D eigenvalue weighted by Gasteiger charge is 2.20. The predicted octanol–water partition coefficient (Wildman–Crippen LogP) is 0.757. The first-order chi connectivity index (χ1) is 14.3. The minimum atomic E-state index is -0.389. The van der Waals surface area contributed by atoms with Gasteiger partial charge in [0.05, 0.1) is 19.8 Å². The molecule has 0 radical (unpaired) electrons. The molecule has 1 atom stereocenters. The van der Waals surface area contributed by atoms with Crippen molar-refractivity contribution in [2.45, 2.75) is 17.8 Å². The molecule has 0 aliphatic carbocycles. The van der Waals surface area contributed by atoms with Crippen molar-refractivity contribution in [3.05, 3.63) is 60.4 Å². The fourth-order valence-electron chi connectivity index (χ4n) is 3.45. The molecule has 0 bridgehead atoms. The largest absolute Gasteiger partial charge is 0.386 e. The number of aliphatic hydroxyl groups is 1. The molecule has 3 aromatic rings. The number of hydrogen-bond donors (Lipinski definition) is 2. The van der Waals surface area contributed by atoms with Crippen molar-refractivity contribution >= 4 is 11.8 Å². The fraction of sp³-hybridized carbons (Fsp3) is 0.381. The molecule has 1 aromatic carbocycles. The van der Waals surface area contributed by atoms with Crippen LogP contribution in [-0.4, -0.2) is 69.6 Å². The summed E-state index contributed by atoms with van der Waals surface area (Å²) in [6, 6.07) is 14.2. The molecule has 1 aliphatic rings. The van der Waals surface area contributed by atoms with E-state index in [2.05, 4.69) is 31.9 Å². The Kier molecular flexibility index (Phi) is 6.89.